The van der Waals surface area contributed by atoms with Crippen molar-refractivity contribution in [3.63, 3.8) is 0 Å². The zero-order valence-electron chi connectivity index (χ0n) is 17.1. The van der Waals surface area contributed by atoms with E-state index in [1.54, 1.807) is 48.5 Å². The molecule has 7 heteroatoms. The van der Waals surface area contributed by atoms with Crippen LogP contribution in [0.3, 0.4) is 0 Å². The molecule has 0 fully saturated rings. The maximum atomic E-state index is 12.5. The largest absolute Gasteiger partial charge is 0.452 e. The van der Waals surface area contributed by atoms with Gasteiger partial charge in [0.1, 0.15) is 0 Å². The van der Waals surface area contributed by atoms with Gasteiger partial charge in [0.15, 0.2) is 6.61 Å². The zero-order chi connectivity index (χ0) is 22.4. The molecule has 0 bridgehead atoms. The molecule has 0 saturated carbocycles. The summed E-state index contributed by atoms with van der Waals surface area (Å²) >= 11 is 3.45. The molecule has 6 nitrogen and oxygen atoms in total. The van der Waals surface area contributed by atoms with E-state index in [1.165, 1.54) is 6.07 Å². The van der Waals surface area contributed by atoms with Crippen LogP contribution in [0.2, 0.25) is 0 Å². The van der Waals surface area contributed by atoms with Crippen molar-refractivity contribution in [1.29, 1.82) is 0 Å². The predicted octanol–water partition coefficient (Wildman–Crippen LogP) is 5.11. The van der Waals surface area contributed by atoms with Gasteiger partial charge in [0.2, 0.25) is 0 Å². The Balaban J connectivity index is 1.64. The lowest BCUT2D eigenvalue weighted by molar-refractivity contribution is -0.119. The van der Waals surface area contributed by atoms with Gasteiger partial charge in [0.05, 0.1) is 11.3 Å². The van der Waals surface area contributed by atoms with Gasteiger partial charge in [-0.15, -0.1) is 0 Å². The molecule has 2 amide bonds. The summed E-state index contributed by atoms with van der Waals surface area (Å²) in [7, 11) is 0. The maximum Gasteiger partial charge on any atom is 0.340 e. The molecule has 2 N–H and O–H groups in total. The van der Waals surface area contributed by atoms with Crippen LogP contribution < -0.4 is 10.6 Å². The number of nitrogens with one attached hydrogen (secondary N) is 2. The van der Waals surface area contributed by atoms with Crippen molar-refractivity contribution >= 4 is 45.1 Å². The minimum atomic E-state index is -0.706. The molecule has 3 aromatic carbocycles. The molecule has 0 radical (unpaired) electrons. The van der Waals surface area contributed by atoms with Crippen molar-refractivity contribution in [3.8, 4) is 0 Å². The standard InChI is InChI=1S/C24H21BrN2O4/c1-15-16(2)20(13-12-19(15)25)26-22(28)14-31-24(30)18-10-6-7-11-21(18)27-23(29)17-8-4-3-5-9-17/h3-13H,14H2,1-2H3,(H,26,28)(H,27,29). The van der Waals surface area contributed by atoms with E-state index in [1.807, 2.05) is 26.0 Å². The smallest absolute Gasteiger partial charge is 0.340 e. The summed E-state index contributed by atoms with van der Waals surface area (Å²) in [6, 6.07) is 18.8. The Morgan fingerprint density at radius 1 is 0.806 bits per heavy atom. The minimum Gasteiger partial charge on any atom is -0.452 e. The summed E-state index contributed by atoms with van der Waals surface area (Å²) in [5.74, 6) is -1.51. The van der Waals surface area contributed by atoms with Gasteiger partial charge < -0.3 is 15.4 Å². The van der Waals surface area contributed by atoms with Crippen LogP contribution in [0.5, 0.6) is 0 Å². The van der Waals surface area contributed by atoms with Crippen LogP contribution in [-0.2, 0) is 9.53 Å². The van der Waals surface area contributed by atoms with E-state index in [0.717, 1.165) is 15.6 Å². The number of ether oxygens (including phenoxy) is 1. The normalized spacial score (nSPS) is 10.3. The van der Waals surface area contributed by atoms with Crippen LogP contribution in [0.15, 0.2) is 71.2 Å². The Kier molecular flexibility index (Phi) is 7.20. The van der Waals surface area contributed by atoms with E-state index < -0.39 is 18.5 Å². The number of carbonyl (C=O) groups is 3. The lowest BCUT2D eigenvalue weighted by atomic mass is 10.1. The van der Waals surface area contributed by atoms with E-state index in [2.05, 4.69) is 26.6 Å². The summed E-state index contributed by atoms with van der Waals surface area (Å²) in [5.41, 5.74) is 3.51. The van der Waals surface area contributed by atoms with Gasteiger partial charge in [0.25, 0.3) is 11.8 Å². The van der Waals surface area contributed by atoms with Crippen molar-refractivity contribution in [3.05, 3.63) is 93.5 Å². The Hall–Kier alpha value is -3.45. The van der Waals surface area contributed by atoms with Crippen molar-refractivity contribution in [2.45, 2.75) is 13.8 Å². The van der Waals surface area contributed by atoms with Crippen LogP contribution in [0.4, 0.5) is 11.4 Å². The molecule has 0 spiro atoms. The highest BCUT2D eigenvalue weighted by atomic mass is 79.9. The van der Waals surface area contributed by atoms with Crippen molar-refractivity contribution in [2.24, 2.45) is 0 Å². The number of halogens is 1. The number of hydrogen-bond donors (Lipinski definition) is 2. The number of benzene rings is 3. The zero-order valence-corrected chi connectivity index (χ0v) is 18.7. The third-order valence-corrected chi connectivity index (χ3v) is 5.62. The van der Waals surface area contributed by atoms with Gasteiger partial charge >= 0.3 is 5.97 Å². The summed E-state index contributed by atoms with van der Waals surface area (Å²) in [6.45, 7) is 3.39. The average molecular weight is 481 g/mol. The summed E-state index contributed by atoms with van der Waals surface area (Å²) in [4.78, 5) is 37.2. The van der Waals surface area contributed by atoms with Crippen LogP contribution in [0.1, 0.15) is 31.8 Å². The lowest BCUT2D eigenvalue weighted by Gasteiger charge is -2.13. The van der Waals surface area contributed by atoms with Gasteiger partial charge in [-0.1, -0.05) is 46.3 Å². The number of hydrogen-bond acceptors (Lipinski definition) is 4. The second kappa shape index (κ2) is 10.0. The van der Waals surface area contributed by atoms with Crippen molar-refractivity contribution < 1.29 is 19.1 Å². The summed E-state index contributed by atoms with van der Waals surface area (Å²) < 4.78 is 6.12. The molecule has 0 heterocycles. The SMILES string of the molecule is Cc1c(Br)ccc(NC(=O)COC(=O)c2ccccc2NC(=O)c2ccccc2)c1C. The molecule has 0 aliphatic heterocycles. The number of amides is 2. The second-order valence-corrected chi connectivity index (χ2v) is 7.69. The highest BCUT2D eigenvalue weighted by Gasteiger charge is 2.17. The van der Waals surface area contributed by atoms with Crippen LogP contribution in [0, 0.1) is 13.8 Å². The van der Waals surface area contributed by atoms with E-state index in [4.69, 9.17) is 4.74 Å². The Bertz CT molecular complexity index is 1130. The fraction of sp³-hybridized carbons (Fsp3) is 0.125. The molecular weight excluding hydrogens is 460 g/mol. The second-order valence-electron chi connectivity index (χ2n) is 6.83. The van der Waals surface area contributed by atoms with Crippen LogP contribution in [0.25, 0.3) is 0 Å². The van der Waals surface area contributed by atoms with Gasteiger partial charge in [0, 0.05) is 15.7 Å². The molecular formula is C24H21BrN2O4. The van der Waals surface area contributed by atoms with Gasteiger partial charge in [-0.25, -0.2) is 4.79 Å². The quantitative estimate of drug-likeness (QED) is 0.479. The third-order valence-electron chi connectivity index (χ3n) is 4.76. The lowest BCUT2D eigenvalue weighted by Crippen LogP contribution is -2.22. The molecule has 0 unspecified atom stereocenters. The predicted molar refractivity (Wildman–Crippen MR) is 123 cm³/mol. The Labute approximate surface area is 188 Å². The number of esters is 1. The Morgan fingerprint density at radius 3 is 2.23 bits per heavy atom. The van der Waals surface area contributed by atoms with E-state index in [9.17, 15) is 14.4 Å². The fourth-order valence-electron chi connectivity index (χ4n) is 2.87. The molecule has 0 atom stereocenters. The molecule has 0 saturated heterocycles. The van der Waals surface area contributed by atoms with E-state index in [0.29, 0.717) is 16.9 Å². The van der Waals surface area contributed by atoms with Crippen LogP contribution in [-0.4, -0.2) is 24.4 Å². The molecule has 0 aliphatic carbocycles. The molecule has 31 heavy (non-hydrogen) atoms. The Morgan fingerprint density at radius 2 is 1.48 bits per heavy atom. The first-order valence-electron chi connectivity index (χ1n) is 9.55. The first-order chi connectivity index (χ1) is 14.9. The van der Waals surface area contributed by atoms with Gasteiger partial charge in [-0.2, -0.15) is 0 Å². The van der Waals surface area contributed by atoms with Crippen molar-refractivity contribution in [1.82, 2.24) is 0 Å². The number of rotatable bonds is 6. The first-order valence-corrected chi connectivity index (χ1v) is 10.3. The monoisotopic (exact) mass is 480 g/mol. The average Bonchev–Trinajstić information content (AvgIpc) is 2.79. The fourth-order valence-corrected chi connectivity index (χ4v) is 3.30. The molecule has 0 aliphatic rings. The van der Waals surface area contributed by atoms with Crippen LogP contribution >= 0.6 is 15.9 Å². The third kappa shape index (κ3) is 5.58. The van der Waals surface area contributed by atoms with Gasteiger partial charge in [-0.3, -0.25) is 9.59 Å². The van der Waals surface area contributed by atoms with E-state index in [-0.39, 0.29) is 11.5 Å². The molecule has 3 aromatic rings. The minimum absolute atomic E-state index is 0.162. The highest BCUT2D eigenvalue weighted by molar-refractivity contribution is 9.10. The number of carbonyl (C=O) groups excluding carboxylic acids is 3. The molecule has 0 aromatic heterocycles. The number of anilines is 2. The van der Waals surface area contributed by atoms with E-state index >= 15 is 0 Å². The maximum absolute atomic E-state index is 12.5. The topological polar surface area (TPSA) is 84.5 Å². The van der Waals surface area contributed by atoms with Gasteiger partial charge in [-0.05, 0) is 61.4 Å². The first kappa shape index (κ1) is 22.2. The highest BCUT2D eigenvalue weighted by Crippen LogP contribution is 2.25. The summed E-state index contributed by atoms with van der Waals surface area (Å²) in [5, 5.41) is 5.46. The summed E-state index contributed by atoms with van der Waals surface area (Å²) in [6.07, 6.45) is 0. The molecule has 158 valence electrons. The number of para-hydroxylation sites is 1. The molecule has 3 rings (SSSR count). The van der Waals surface area contributed by atoms with Crippen molar-refractivity contribution in [2.75, 3.05) is 17.2 Å².